The molecule has 0 saturated carbocycles. The highest BCUT2D eigenvalue weighted by atomic mass is 19.1. The summed E-state index contributed by atoms with van der Waals surface area (Å²) in [5.74, 6) is 0.637. The summed E-state index contributed by atoms with van der Waals surface area (Å²) in [5, 5.41) is 4.54. The molecule has 0 N–H and O–H groups in total. The van der Waals surface area contributed by atoms with Crippen molar-refractivity contribution in [3.05, 3.63) is 77.4 Å². The third-order valence-corrected chi connectivity index (χ3v) is 6.50. The van der Waals surface area contributed by atoms with Crippen molar-refractivity contribution in [1.29, 1.82) is 0 Å². The van der Waals surface area contributed by atoms with E-state index in [-0.39, 0.29) is 24.2 Å². The molecule has 0 bridgehead atoms. The highest BCUT2D eigenvalue weighted by Crippen LogP contribution is 2.31. The van der Waals surface area contributed by atoms with Crippen molar-refractivity contribution in [1.82, 2.24) is 19.6 Å². The Kier molecular flexibility index (Phi) is 6.45. The summed E-state index contributed by atoms with van der Waals surface area (Å²) in [6, 6.07) is 13.4. The second-order valence-electron chi connectivity index (χ2n) is 8.82. The third-order valence-electron chi connectivity index (χ3n) is 6.50. The first-order valence-corrected chi connectivity index (χ1v) is 11.9. The Morgan fingerprint density at radius 1 is 0.972 bits per heavy atom. The van der Waals surface area contributed by atoms with E-state index in [1.165, 1.54) is 12.1 Å². The van der Waals surface area contributed by atoms with Crippen LogP contribution in [0.15, 0.2) is 54.6 Å². The summed E-state index contributed by atoms with van der Waals surface area (Å²) < 4.78 is 26.5. The van der Waals surface area contributed by atoms with E-state index in [4.69, 9.17) is 9.47 Å². The zero-order valence-corrected chi connectivity index (χ0v) is 20.2. The molecule has 8 nitrogen and oxygen atoms in total. The lowest BCUT2D eigenvalue weighted by Gasteiger charge is -2.36. The van der Waals surface area contributed by atoms with E-state index in [1.54, 1.807) is 44.8 Å². The van der Waals surface area contributed by atoms with Crippen LogP contribution in [-0.2, 0) is 9.59 Å². The maximum atomic E-state index is 13.3. The average molecular weight is 491 g/mol. The molecule has 5 rings (SSSR count). The lowest BCUT2D eigenvalue weighted by Crippen LogP contribution is -2.54. The van der Waals surface area contributed by atoms with Gasteiger partial charge >= 0.3 is 0 Å². The minimum absolute atomic E-state index is 0.124. The predicted molar refractivity (Wildman–Crippen MR) is 132 cm³/mol. The molecule has 1 saturated heterocycles. The van der Waals surface area contributed by atoms with E-state index < -0.39 is 6.10 Å². The molecular formula is C27H27FN4O4. The van der Waals surface area contributed by atoms with Crippen LogP contribution in [0.4, 0.5) is 4.39 Å². The first-order chi connectivity index (χ1) is 17.4. The van der Waals surface area contributed by atoms with E-state index in [0.717, 1.165) is 22.6 Å². The number of halogens is 1. The maximum Gasteiger partial charge on any atom is 0.267 e. The van der Waals surface area contributed by atoms with Crippen molar-refractivity contribution in [2.45, 2.75) is 20.0 Å². The van der Waals surface area contributed by atoms with Gasteiger partial charge in [-0.25, -0.2) is 9.07 Å². The van der Waals surface area contributed by atoms with Crippen molar-refractivity contribution in [2.75, 3.05) is 32.8 Å². The standard InChI is InChI=1S/C27H27FN4O4/c1-18-22(19(2)32(29-18)21-9-7-20(28)8-10-21)11-12-26(33)30-13-15-31(16-14-30)27(34)25-17-35-23-5-3-4-6-24(23)36-25/h3-12,25H,13-17H2,1-2H3/b12-11+/t25-/m0/s1. The Hall–Kier alpha value is -4.14. The van der Waals surface area contributed by atoms with Gasteiger partial charge in [0.15, 0.2) is 11.5 Å². The molecule has 0 aliphatic carbocycles. The molecule has 186 valence electrons. The van der Waals surface area contributed by atoms with Crippen LogP contribution >= 0.6 is 0 Å². The predicted octanol–water partition coefficient (Wildman–Crippen LogP) is 3.15. The van der Waals surface area contributed by atoms with Crippen LogP contribution < -0.4 is 9.47 Å². The van der Waals surface area contributed by atoms with Crippen LogP contribution in [0.1, 0.15) is 17.0 Å². The number of para-hydroxylation sites is 2. The second kappa shape index (κ2) is 9.85. The highest BCUT2D eigenvalue weighted by molar-refractivity contribution is 5.92. The largest absolute Gasteiger partial charge is 0.485 e. The molecule has 9 heteroatoms. The van der Waals surface area contributed by atoms with Crippen molar-refractivity contribution >= 4 is 17.9 Å². The zero-order valence-electron chi connectivity index (χ0n) is 20.2. The van der Waals surface area contributed by atoms with Crippen LogP contribution in [0.5, 0.6) is 11.5 Å². The smallest absolute Gasteiger partial charge is 0.267 e. The van der Waals surface area contributed by atoms with Crippen molar-refractivity contribution in [3.63, 3.8) is 0 Å². The molecule has 1 atom stereocenters. The Labute approximate surface area is 208 Å². The lowest BCUT2D eigenvalue weighted by molar-refractivity contribution is -0.145. The summed E-state index contributed by atoms with van der Waals surface area (Å²) in [6.45, 7) is 5.69. The Morgan fingerprint density at radius 3 is 2.36 bits per heavy atom. The normalized spacial score (nSPS) is 17.5. The van der Waals surface area contributed by atoms with E-state index in [0.29, 0.717) is 37.7 Å². The number of amides is 2. The summed E-state index contributed by atoms with van der Waals surface area (Å²) >= 11 is 0. The molecule has 1 fully saturated rings. The monoisotopic (exact) mass is 490 g/mol. The van der Waals surface area contributed by atoms with Crippen LogP contribution in [0.3, 0.4) is 0 Å². The summed E-state index contributed by atoms with van der Waals surface area (Å²) in [6.07, 6.45) is 2.62. The molecule has 2 aromatic carbocycles. The molecule has 1 aromatic heterocycles. The van der Waals surface area contributed by atoms with E-state index in [9.17, 15) is 14.0 Å². The fraction of sp³-hybridized carbons (Fsp3) is 0.296. The third kappa shape index (κ3) is 4.68. The minimum atomic E-state index is -0.689. The maximum absolute atomic E-state index is 13.3. The number of carbonyl (C=O) groups is 2. The number of nitrogens with zero attached hydrogens (tertiary/aromatic N) is 4. The molecule has 3 heterocycles. The molecule has 0 spiro atoms. The number of hydrogen-bond acceptors (Lipinski definition) is 5. The van der Waals surface area contributed by atoms with Crippen molar-refractivity contribution in [2.24, 2.45) is 0 Å². The average Bonchev–Trinajstić information content (AvgIpc) is 3.19. The van der Waals surface area contributed by atoms with Gasteiger partial charge in [-0.05, 0) is 56.3 Å². The lowest BCUT2D eigenvalue weighted by atomic mass is 10.1. The number of rotatable bonds is 4. The van der Waals surface area contributed by atoms with E-state index in [1.807, 2.05) is 32.0 Å². The van der Waals surface area contributed by atoms with Gasteiger partial charge in [-0.1, -0.05) is 12.1 Å². The molecular weight excluding hydrogens is 463 g/mol. The van der Waals surface area contributed by atoms with Crippen molar-refractivity contribution < 1.29 is 23.5 Å². The van der Waals surface area contributed by atoms with Gasteiger partial charge < -0.3 is 19.3 Å². The minimum Gasteiger partial charge on any atom is -0.485 e. The molecule has 3 aromatic rings. The highest BCUT2D eigenvalue weighted by Gasteiger charge is 2.33. The van der Waals surface area contributed by atoms with E-state index >= 15 is 0 Å². The number of carbonyl (C=O) groups excluding carboxylic acids is 2. The van der Waals surface area contributed by atoms with Crippen LogP contribution in [0.25, 0.3) is 11.8 Å². The Morgan fingerprint density at radius 2 is 1.64 bits per heavy atom. The number of hydrogen-bond donors (Lipinski definition) is 0. The number of benzene rings is 2. The summed E-state index contributed by atoms with van der Waals surface area (Å²) in [4.78, 5) is 29.2. The first kappa shape index (κ1) is 23.6. The van der Waals surface area contributed by atoms with Crippen LogP contribution in [0.2, 0.25) is 0 Å². The van der Waals surface area contributed by atoms with E-state index in [2.05, 4.69) is 5.10 Å². The molecule has 2 aliphatic rings. The molecule has 36 heavy (non-hydrogen) atoms. The van der Waals surface area contributed by atoms with Gasteiger partial charge in [0, 0.05) is 43.5 Å². The SMILES string of the molecule is Cc1nn(-c2ccc(F)cc2)c(C)c1/C=C/C(=O)N1CCN(C(=O)[C@@H]2COc3ccccc3O2)CC1. The first-order valence-electron chi connectivity index (χ1n) is 11.9. The van der Waals surface area contributed by atoms with Gasteiger partial charge in [-0.3, -0.25) is 9.59 Å². The van der Waals surface area contributed by atoms with Crippen molar-refractivity contribution in [3.8, 4) is 17.2 Å². The number of fused-ring (bicyclic) bond motifs is 1. The van der Waals surface area contributed by atoms with Gasteiger partial charge in [0.25, 0.3) is 5.91 Å². The molecule has 2 aliphatic heterocycles. The topological polar surface area (TPSA) is 76.9 Å². The second-order valence-corrected chi connectivity index (χ2v) is 8.82. The van der Waals surface area contributed by atoms with Gasteiger partial charge in [-0.15, -0.1) is 0 Å². The van der Waals surface area contributed by atoms with Gasteiger partial charge in [0.1, 0.15) is 12.4 Å². The quantitative estimate of drug-likeness (QED) is 0.525. The molecule has 0 unspecified atom stereocenters. The summed E-state index contributed by atoms with van der Waals surface area (Å²) in [7, 11) is 0. The molecule has 0 radical (unpaired) electrons. The number of piperazine rings is 1. The fourth-order valence-electron chi connectivity index (χ4n) is 4.48. The Bertz CT molecular complexity index is 1310. The van der Waals surface area contributed by atoms with Gasteiger partial charge in [0.2, 0.25) is 12.0 Å². The van der Waals surface area contributed by atoms with Gasteiger partial charge in [-0.2, -0.15) is 5.10 Å². The van der Waals surface area contributed by atoms with Gasteiger partial charge in [0.05, 0.1) is 11.4 Å². The Balaban J connectivity index is 1.18. The fourth-order valence-corrected chi connectivity index (χ4v) is 4.48. The number of aryl methyl sites for hydroxylation is 1. The molecule has 2 amide bonds. The summed E-state index contributed by atoms with van der Waals surface area (Å²) in [5.41, 5.74) is 3.22. The zero-order chi connectivity index (χ0) is 25.2. The van der Waals surface area contributed by atoms with Crippen LogP contribution in [-0.4, -0.2) is 70.3 Å². The van der Waals surface area contributed by atoms with Crippen LogP contribution in [0, 0.1) is 19.7 Å². The number of aromatic nitrogens is 2. The number of ether oxygens (including phenoxy) is 2.